The number of nitrogens with one attached hydrogen (secondary N) is 1. The second-order valence-electron chi connectivity index (χ2n) is 9.56. The lowest BCUT2D eigenvalue weighted by Crippen LogP contribution is -2.46. The number of amides is 3. The highest BCUT2D eigenvalue weighted by Gasteiger charge is 2.36. The number of aromatic nitrogens is 1. The van der Waals surface area contributed by atoms with Crippen LogP contribution in [-0.2, 0) is 11.3 Å². The van der Waals surface area contributed by atoms with Crippen LogP contribution in [0.25, 0.3) is 0 Å². The summed E-state index contributed by atoms with van der Waals surface area (Å²) in [6.07, 6.45) is 4.94. The number of hydrogen-bond acceptors (Lipinski definition) is 8. The van der Waals surface area contributed by atoms with Crippen LogP contribution < -0.4 is 26.3 Å². The number of carbonyl (C=O) groups is 3. The van der Waals surface area contributed by atoms with Crippen molar-refractivity contribution in [1.29, 1.82) is 0 Å². The van der Waals surface area contributed by atoms with Gasteiger partial charge < -0.3 is 31.2 Å². The topological polar surface area (TPSA) is 150 Å². The van der Waals surface area contributed by atoms with Crippen LogP contribution in [0.15, 0.2) is 42.5 Å². The van der Waals surface area contributed by atoms with E-state index >= 15 is 0 Å². The van der Waals surface area contributed by atoms with Gasteiger partial charge in [0.1, 0.15) is 10.9 Å². The summed E-state index contributed by atoms with van der Waals surface area (Å²) in [6, 6.07) is 11.1. The normalized spacial score (nSPS) is 15.5. The minimum absolute atomic E-state index is 0.0125. The average Bonchev–Trinajstić information content (AvgIpc) is 3.55. The molecule has 3 amide bonds. The second-order valence-corrected chi connectivity index (χ2v) is 10.8. The highest BCUT2D eigenvalue weighted by atomic mass is 35.5. The first-order chi connectivity index (χ1) is 18.8. The molecule has 1 saturated carbocycles. The number of primary amides is 1. The molecule has 5 rings (SSSR count). The third-order valence-corrected chi connectivity index (χ3v) is 8.01. The lowest BCUT2D eigenvalue weighted by molar-refractivity contribution is -0.127. The fourth-order valence-electron chi connectivity index (χ4n) is 4.92. The Labute approximate surface area is 234 Å². The molecule has 39 heavy (non-hydrogen) atoms. The number of benzene rings is 2. The Kier molecular flexibility index (Phi) is 7.89. The lowest BCUT2D eigenvalue weighted by Gasteiger charge is -2.33. The van der Waals surface area contributed by atoms with Crippen molar-refractivity contribution in [3.63, 3.8) is 0 Å². The van der Waals surface area contributed by atoms with Gasteiger partial charge in [-0.1, -0.05) is 49.1 Å². The first-order valence-electron chi connectivity index (χ1n) is 12.6. The van der Waals surface area contributed by atoms with Gasteiger partial charge in [0.25, 0.3) is 11.8 Å². The molecule has 1 aliphatic carbocycles. The molecular formula is C27H28ClN5O5S. The van der Waals surface area contributed by atoms with E-state index in [0.29, 0.717) is 27.6 Å². The maximum absolute atomic E-state index is 14.1. The third-order valence-electron chi connectivity index (χ3n) is 6.90. The summed E-state index contributed by atoms with van der Waals surface area (Å²) in [5, 5.41) is 3.65. The van der Waals surface area contributed by atoms with Gasteiger partial charge >= 0.3 is 0 Å². The van der Waals surface area contributed by atoms with Crippen LogP contribution in [-0.4, -0.2) is 39.8 Å². The molecule has 3 aromatic rings. The number of halogens is 1. The zero-order valence-corrected chi connectivity index (χ0v) is 22.6. The predicted molar refractivity (Wildman–Crippen MR) is 147 cm³/mol. The van der Waals surface area contributed by atoms with Crippen molar-refractivity contribution < 1.29 is 23.9 Å². The number of nitrogens with two attached hydrogens (primary N) is 2. The van der Waals surface area contributed by atoms with Gasteiger partial charge in [0.2, 0.25) is 12.7 Å². The fourth-order valence-corrected chi connectivity index (χ4v) is 5.81. The lowest BCUT2D eigenvalue weighted by atomic mass is 9.94. The molecule has 0 saturated heterocycles. The van der Waals surface area contributed by atoms with Crippen molar-refractivity contribution in [2.75, 3.05) is 12.5 Å². The van der Waals surface area contributed by atoms with Gasteiger partial charge in [-0.15, -0.1) is 0 Å². The highest BCUT2D eigenvalue weighted by Crippen LogP contribution is 2.35. The van der Waals surface area contributed by atoms with Crippen LogP contribution >= 0.6 is 23.1 Å². The number of ether oxygens (including phenoxy) is 2. The van der Waals surface area contributed by atoms with Crippen LogP contribution in [0, 0.1) is 0 Å². The Hall–Kier alpha value is -3.83. The molecular weight excluding hydrogens is 542 g/mol. The summed E-state index contributed by atoms with van der Waals surface area (Å²) in [5.74, 6) is -0.582. The van der Waals surface area contributed by atoms with Gasteiger partial charge in [-0.2, -0.15) is 4.37 Å². The molecule has 204 valence electrons. The SMILES string of the molecule is NC(=O)c1nsc(C(=O)N(Cc2ccc3c(c2)OCO3)[C@H](C(=O)NC2CCCCC2)c2ccc(Cl)cc2)c1N. The van der Waals surface area contributed by atoms with E-state index in [4.69, 9.17) is 32.5 Å². The third kappa shape index (κ3) is 5.79. The minimum atomic E-state index is -1.03. The molecule has 1 atom stereocenters. The molecule has 10 nitrogen and oxygen atoms in total. The van der Waals surface area contributed by atoms with E-state index in [1.807, 2.05) is 0 Å². The Bertz CT molecular complexity index is 1390. The fraction of sp³-hybridized carbons (Fsp3) is 0.333. The standard InChI is InChI=1S/C27H28ClN5O5S/c28-17-9-7-16(8-10-17)23(26(35)31-18-4-2-1-3-5-18)33(13-15-6-11-19-20(12-15)38-14-37-19)27(36)24-21(29)22(25(30)34)32-39-24/h6-12,18,23H,1-5,13-14,29H2,(H2,30,34)(H,31,35)/t23-/m0/s1. The molecule has 2 heterocycles. The molecule has 2 aliphatic rings. The Morgan fingerprint density at radius 2 is 1.79 bits per heavy atom. The predicted octanol–water partition coefficient (Wildman–Crippen LogP) is 4.04. The van der Waals surface area contributed by atoms with Gasteiger partial charge in [-0.3, -0.25) is 14.4 Å². The van der Waals surface area contributed by atoms with Crippen molar-refractivity contribution >= 4 is 46.5 Å². The van der Waals surface area contributed by atoms with Gasteiger partial charge in [0, 0.05) is 17.6 Å². The van der Waals surface area contributed by atoms with E-state index in [-0.39, 0.29) is 41.5 Å². The van der Waals surface area contributed by atoms with E-state index in [0.717, 1.165) is 43.6 Å². The maximum atomic E-state index is 14.1. The molecule has 0 unspecified atom stereocenters. The second kappa shape index (κ2) is 11.5. The van der Waals surface area contributed by atoms with Gasteiger partial charge in [0.05, 0.1) is 5.69 Å². The summed E-state index contributed by atoms with van der Waals surface area (Å²) < 4.78 is 14.9. The molecule has 2 aromatic carbocycles. The highest BCUT2D eigenvalue weighted by molar-refractivity contribution is 7.09. The summed E-state index contributed by atoms with van der Waals surface area (Å²) in [5.41, 5.74) is 12.5. The number of fused-ring (bicyclic) bond motifs is 1. The van der Waals surface area contributed by atoms with Crippen LogP contribution in [0.4, 0.5) is 5.69 Å². The van der Waals surface area contributed by atoms with Gasteiger partial charge in [-0.25, -0.2) is 0 Å². The van der Waals surface area contributed by atoms with Crippen molar-refractivity contribution in [3.8, 4) is 11.5 Å². The number of anilines is 1. The molecule has 0 radical (unpaired) electrons. The summed E-state index contributed by atoms with van der Waals surface area (Å²) in [4.78, 5) is 41.3. The number of nitrogen functional groups attached to an aromatic ring is 1. The largest absolute Gasteiger partial charge is 0.454 e. The monoisotopic (exact) mass is 569 g/mol. The molecule has 0 bridgehead atoms. The zero-order chi connectivity index (χ0) is 27.5. The number of hydrogen-bond donors (Lipinski definition) is 3. The first-order valence-corrected chi connectivity index (χ1v) is 13.8. The summed E-state index contributed by atoms with van der Waals surface area (Å²) in [6.45, 7) is 0.135. The van der Waals surface area contributed by atoms with Crippen LogP contribution in [0.1, 0.15) is 69.4 Å². The minimum Gasteiger partial charge on any atom is -0.454 e. The number of rotatable bonds is 8. The molecule has 0 spiro atoms. The Morgan fingerprint density at radius 3 is 2.49 bits per heavy atom. The smallest absolute Gasteiger partial charge is 0.270 e. The van der Waals surface area contributed by atoms with Gasteiger partial charge in [0.15, 0.2) is 17.2 Å². The average molecular weight is 570 g/mol. The van der Waals surface area contributed by atoms with E-state index < -0.39 is 17.9 Å². The summed E-state index contributed by atoms with van der Waals surface area (Å²) >= 11 is 6.92. The number of nitrogens with zero attached hydrogens (tertiary/aromatic N) is 2. The maximum Gasteiger partial charge on any atom is 0.270 e. The number of carbonyl (C=O) groups excluding carboxylic acids is 3. The zero-order valence-electron chi connectivity index (χ0n) is 21.0. The van der Waals surface area contributed by atoms with E-state index in [9.17, 15) is 14.4 Å². The Morgan fingerprint density at radius 1 is 1.08 bits per heavy atom. The van der Waals surface area contributed by atoms with Crippen molar-refractivity contribution in [1.82, 2.24) is 14.6 Å². The van der Waals surface area contributed by atoms with E-state index in [1.54, 1.807) is 42.5 Å². The van der Waals surface area contributed by atoms with Crippen molar-refractivity contribution in [3.05, 3.63) is 69.2 Å². The van der Waals surface area contributed by atoms with E-state index in [2.05, 4.69) is 9.69 Å². The first kappa shape index (κ1) is 26.8. The van der Waals surface area contributed by atoms with Gasteiger partial charge in [-0.05, 0) is 59.8 Å². The van der Waals surface area contributed by atoms with E-state index in [1.165, 1.54) is 4.90 Å². The quantitative estimate of drug-likeness (QED) is 0.370. The molecule has 1 aromatic heterocycles. The molecule has 1 fully saturated rings. The van der Waals surface area contributed by atoms with Crippen LogP contribution in [0.3, 0.4) is 0 Å². The van der Waals surface area contributed by atoms with Crippen LogP contribution in [0.2, 0.25) is 5.02 Å². The van der Waals surface area contributed by atoms with Crippen molar-refractivity contribution in [2.45, 2.75) is 50.7 Å². The molecule has 12 heteroatoms. The molecule has 5 N–H and O–H groups in total. The molecule has 1 aliphatic heterocycles. The van der Waals surface area contributed by atoms with Crippen LogP contribution in [0.5, 0.6) is 11.5 Å². The van der Waals surface area contributed by atoms with Crippen molar-refractivity contribution in [2.24, 2.45) is 5.73 Å². The Balaban J connectivity index is 1.57. The summed E-state index contributed by atoms with van der Waals surface area (Å²) in [7, 11) is 0.